The molecule has 0 aromatic carbocycles. The molecule has 1 unspecified atom stereocenters. The maximum Gasteiger partial charge on any atom is 0.128 e. The predicted molar refractivity (Wildman–Crippen MR) is 76.8 cm³/mol. The van der Waals surface area contributed by atoms with Crippen molar-refractivity contribution in [2.24, 2.45) is 0 Å². The minimum Gasteiger partial charge on any atom is -0.397 e. The standard InChI is InChI=1S/C14H24N4/c1-3-4-12(2)17-7-9-18(10-8-17)14-6-5-13(15)11-16-14/h5-6,11-12H,3-4,7-10,15H2,1-2H3. The van der Waals surface area contributed by atoms with Gasteiger partial charge in [-0.3, -0.25) is 4.90 Å². The average Bonchev–Trinajstić information content (AvgIpc) is 2.40. The molecular formula is C14H24N4. The van der Waals surface area contributed by atoms with Gasteiger partial charge < -0.3 is 10.6 Å². The lowest BCUT2D eigenvalue weighted by molar-refractivity contribution is 0.187. The van der Waals surface area contributed by atoms with Crippen LogP contribution in [-0.2, 0) is 0 Å². The highest BCUT2D eigenvalue weighted by Gasteiger charge is 2.21. The Labute approximate surface area is 110 Å². The molecule has 0 spiro atoms. The van der Waals surface area contributed by atoms with Crippen LogP contribution in [0.3, 0.4) is 0 Å². The topological polar surface area (TPSA) is 45.4 Å². The number of nitrogen functional groups attached to an aromatic ring is 1. The third-order valence-electron chi connectivity index (χ3n) is 3.74. The number of piperazine rings is 1. The summed E-state index contributed by atoms with van der Waals surface area (Å²) in [7, 11) is 0. The van der Waals surface area contributed by atoms with Gasteiger partial charge in [0.25, 0.3) is 0 Å². The highest BCUT2D eigenvalue weighted by atomic mass is 15.3. The van der Waals surface area contributed by atoms with Crippen LogP contribution < -0.4 is 10.6 Å². The first-order chi connectivity index (χ1) is 8.70. The largest absolute Gasteiger partial charge is 0.397 e. The van der Waals surface area contributed by atoms with Crippen molar-refractivity contribution in [3.8, 4) is 0 Å². The molecular weight excluding hydrogens is 224 g/mol. The molecule has 4 nitrogen and oxygen atoms in total. The molecule has 1 aromatic heterocycles. The van der Waals surface area contributed by atoms with E-state index < -0.39 is 0 Å². The van der Waals surface area contributed by atoms with Crippen molar-refractivity contribution in [2.75, 3.05) is 36.8 Å². The van der Waals surface area contributed by atoms with E-state index in [1.54, 1.807) is 6.20 Å². The van der Waals surface area contributed by atoms with Crippen LogP contribution in [-0.4, -0.2) is 42.1 Å². The van der Waals surface area contributed by atoms with Crippen LogP contribution in [0.1, 0.15) is 26.7 Å². The molecule has 1 aromatic rings. The third-order valence-corrected chi connectivity index (χ3v) is 3.74. The van der Waals surface area contributed by atoms with Crippen LogP contribution in [0.15, 0.2) is 18.3 Å². The Hall–Kier alpha value is -1.29. The van der Waals surface area contributed by atoms with Gasteiger partial charge >= 0.3 is 0 Å². The minimum absolute atomic E-state index is 0.705. The highest BCUT2D eigenvalue weighted by molar-refractivity contribution is 5.46. The van der Waals surface area contributed by atoms with E-state index in [0.29, 0.717) is 6.04 Å². The van der Waals surface area contributed by atoms with E-state index in [9.17, 15) is 0 Å². The maximum absolute atomic E-state index is 5.66. The Balaban J connectivity index is 1.88. The lowest BCUT2D eigenvalue weighted by atomic mass is 10.1. The van der Waals surface area contributed by atoms with Gasteiger partial charge in [-0.2, -0.15) is 0 Å². The smallest absolute Gasteiger partial charge is 0.128 e. The van der Waals surface area contributed by atoms with Gasteiger partial charge in [0.1, 0.15) is 5.82 Å². The molecule has 0 amide bonds. The van der Waals surface area contributed by atoms with Gasteiger partial charge in [0.2, 0.25) is 0 Å². The minimum atomic E-state index is 0.705. The molecule has 4 heteroatoms. The molecule has 0 radical (unpaired) electrons. The van der Waals surface area contributed by atoms with Crippen molar-refractivity contribution < 1.29 is 0 Å². The number of hydrogen-bond donors (Lipinski definition) is 1. The summed E-state index contributed by atoms with van der Waals surface area (Å²) in [5.41, 5.74) is 6.39. The van der Waals surface area contributed by atoms with Crippen molar-refractivity contribution in [2.45, 2.75) is 32.7 Å². The van der Waals surface area contributed by atoms with Gasteiger partial charge in [-0.1, -0.05) is 13.3 Å². The second-order valence-electron chi connectivity index (χ2n) is 5.11. The number of rotatable bonds is 4. The highest BCUT2D eigenvalue weighted by Crippen LogP contribution is 2.16. The summed E-state index contributed by atoms with van der Waals surface area (Å²) >= 11 is 0. The summed E-state index contributed by atoms with van der Waals surface area (Å²) < 4.78 is 0. The van der Waals surface area contributed by atoms with Crippen molar-refractivity contribution >= 4 is 11.5 Å². The Morgan fingerprint density at radius 3 is 2.56 bits per heavy atom. The van der Waals surface area contributed by atoms with Crippen LogP contribution >= 0.6 is 0 Å². The molecule has 100 valence electrons. The third kappa shape index (κ3) is 3.13. The fourth-order valence-corrected chi connectivity index (χ4v) is 2.58. The van der Waals surface area contributed by atoms with Crippen LogP contribution in [0.5, 0.6) is 0 Å². The quantitative estimate of drug-likeness (QED) is 0.885. The summed E-state index contributed by atoms with van der Waals surface area (Å²) in [4.78, 5) is 9.31. The number of anilines is 2. The zero-order valence-electron chi connectivity index (χ0n) is 11.5. The molecule has 1 atom stereocenters. The molecule has 1 aliphatic heterocycles. The second-order valence-corrected chi connectivity index (χ2v) is 5.11. The monoisotopic (exact) mass is 248 g/mol. The van der Waals surface area contributed by atoms with Gasteiger partial charge in [0.05, 0.1) is 11.9 Å². The van der Waals surface area contributed by atoms with Gasteiger partial charge in [-0.15, -0.1) is 0 Å². The molecule has 2 rings (SSSR count). The van der Waals surface area contributed by atoms with Crippen molar-refractivity contribution in [3.05, 3.63) is 18.3 Å². The number of aromatic nitrogens is 1. The molecule has 18 heavy (non-hydrogen) atoms. The first-order valence-corrected chi connectivity index (χ1v) is 6.91. The Morgan fingerprint density at radius 1 is 1.28 bits per heavy atom. The van der Waals surface area contributed by atoms with E-state index in [1.165, 1.54) is 12.8 Å². The summed E-state index contributed by atoms with van der Waals surface area (Å²) in [6, 6.07) is 4.64. The summed E-state index contributed by atoms with van der Waals surface area (Å²) in [6.45, 7) is 8.97. The van der Waals surface area contributed by atoms with E-state index in [-0.39, 0.29) is 0 Å². The molecule has 2 heterocycles. The molecule has 2 N–H and O–H groups in total. The van der Waals surface area contributed by atoms with Crippen LogP contribution in [0.25, 0.3) is 0 Å². The molecule has 0 saturated carbocycles. The summed E-state index contributed by atoms with van der Waals surface area (Å²) in [5, 5.41) is 0. The van der Waals surface area contributed by atoms with Crippen molar-refractivity contribution in [3.63, 3.8) is 0 Å². The molecule has 1 fully saturated rings. The van der Waals surface area contributed by atoms with E-state index in [2.05, 4.69) is 28.6 Å². The van der Waals surface area contributed by atoms with E-state index in [1.807, 2.05) is 12.1 Å². The van der Waals surface area contributed by atoms with Crippen molar-refractivity contribution in [1.29, 1.82) is 0 Å². The Bertz CT molecular complexity index is 355. The maximum atomic E-state index is 5.66. The zero-order chi connectivity index (χ0) is 13.0. The van der Waals surface area contributed by atoms with Gasteiger partial charge in [0.15, 0.2) is 0 Å². The van der Waals surface area contributed by atoms with Crippen molar-refractivity contribution in [1.82, 2.24) is 9.88 Å². The first-order valence-electron chi connectivity index (χ1n) is 6.91. The second kappa shape index (κ2) is 6.05. The molecule has 0 aliphatic carbocycles. The first kappa shape index (κ1) is 13.1. The average molecular weight is 248 g/mol. The van der Waals surface area contributed by atoms with Gasteiger partial charge in [-0.05, 0) is 25.5 Å². The number of pyridine rings is 1. The van der Waals surface area contributed by atoms with Gasteiger partial charge in [-0.25, -0.2) is 4.98 Å². The lowest BCUT2D eigenvalue weighted by Gasteiger charge is -2.38. The number of hydrogen-bond acceptors (Lipinski definition) is 4. The molecule has 1 aliphatic rings. The van der Waals surface area contributed by atoms with Gasteiger partial charge in [0, 0.05) is 32.2 Å². The van der Waals surface area contributed by atoms with E-state index in [0.717, 1.165) is 37.7 Å². The molecule has 1 saturated heterocycles. The predicted octanol–water partition coefficient (Wildman–Crippen LogP) is 1.97. The summed E-state index contributed by atoms with van der Waals surface area (Å²) in [6.07, 6.45) is 4.29. The Morgan fingerprint density at radius 2 is 2.00 bits per heavy atom. The Kier molecular flexibility index (Phi) is 4.42. The number of nitrogens with zero attached hydrogens (tertiary/aromatic N) is 3. The van der Waals surface area contributed by atoms with Crippen LogP contribution in [0, 0.1) is 0 Å². The van der Waals surface area contributed by atoms with Crippen LogP contribution in [0.2, 0.25) is 0 Å². The number of nitrogens with two attached hydrogens (primary N) is 1. The van der Waals surface area contributed by atoms with E-state index >= 15 is 0 Å². The SMILES string of the molecule is CCCC(C)N1CCN(c2ccc(N)cn2)CC1. The normalized spacial score (nSPS) is 18.9. The fraction of sp³-hybridized carbons (Fsp3) is 0.643. The summed E-state index contributed by atoms with van der Waals surface area (Å²) in [5.74, 6) is 1.05. The zero-order valence-corrected chi connectivity index (χ0v) is 11.5. The fourth-order valence-electron chi connectivity index (χ4n) is 2.58. The van der Waals surface area contributed by atoms with Crippen LogP contribution in [0.4, 0.5) is 11.5 Å². The molecule has 0 bridgehead atoms. The van der Waals surface area contributed by atoms with E-state index in [4.69, 9.17) is 5.73 Å². The lowest BCUT2D eigenvalue weighted by Crippen LogP contribution is -2.49.